The van der Waals surface area contributed by atoms with Crippen LogP contribution in [0.3, 0.4) is 0 Å². The lowest BCUT2D eigenvalue weighted by molar-refractivity contribution is -0.130. The second-order valence-electron chi connectivity index (χ2n) is 7.70. The minimum Gasteiger partial charge on any atom is -0.497 e. The Labute approximate surface area is 183 Å². The molecular formula is C24H32N2O5. The van der Waals surface area contributed by atoms with Gasteiger partial charge < -0.3 is 29.5 Å². The summed E-state index contributed by atoms with van der Waals surface area (Å²) in [6.45, 7) is 1.98. The molecule has 1 aliphatic heterocycles. The van der Waals surface area contributed by atoms with Gasteiger partial charge in [-0.3, -0.25) is 4.79 Å². The lowest BCUT2D eigenvalue weighted by Gasteiger charge is -2.27. The largest absolute Gasteiger partial charge is 0.497 e. The summed E-state index contributed by atoms with van der Waals surface area (Å²) in [4.78, 5) is 14.1. The normalized spacial score (nSPS) is 16.9. The Balaban J connectivity index is 1.41. The Morgan fingerprint density at radius 3 is 2.58 bits per heavy atom. The number of aliphatic hydroxyl groups excluding tert-OH is 1. The Bertz CT molecular complexity index is 827. The van der Waals surface area contributed by atoms with Gasteiger partial charge in [0.15, 0.2) is 0 Å². The van der Waals surface area contributed by atoms with Crippen LogP contribution in [0.5, 0.6) is 17.2 Å². The number of hydrogen-bond donors (Lipinski definition) is 2. The fourth-order valence-corrected chi connectivity index (χ4v) is 3.75. The van der Waals surface area contributed by atoms with Gasteiger partial charge in [0, 0.05) is 25.1 Å². The number of carbonyl (C=O) groups excluding carboxylic acids is 1. The van der Waals surface area contributed by atoms with Gasteiger partial charge in [0.1, 0.15) is 30.0 Å². The second-order valence-corrected chi connectivity index (χ2v) is 7.70. The van der Waals surface area contributed by atoms with Crippen LogP contribution >= 0.6 is 0 Å². The molecule has 2 aromatic carbocycles. The first-order valence-electron chi connectivity index (χ1n) is 10.7. The van der Waals surface area contributed by atoms with Gasteiger partial charge in [-0.15, -0.1) is 0 Å². The van der Waals surface area contributed by atoms with Crippen LogP contribution in [0.25, 0.3) is 0 Å². The highest BCUT2D eigenvalue weighted by atomic mass is 16.5. The highest BCUT2D eigenvalue weighted by Crippen LogP contribution is 2.22. The van der Waals surface area contributed by atoms with Gasteiger partial charge in [-0.05, 0) is 49.2 Å². The quantitative estimate of drug-likeness (QED) is 0.506. The van der Waals surface area contributed by atoms with E-state index in [0.29, 0.717) is 17.9 Å². The van der Waals surface area contributed by atoms with Crippen molar-refractivity contribution in [3.05, 3.63) is 54.1 Å². The molecule has 3 rings (SSSR count). The molecule has 168 valence electrons. The van der Waals surface area contributed by atoms with Crippen molar-refractivity contribution in [3.8, 4) is 17.2 Å². The maximum Gasteiger partial charge on any atom is 0.222 e. The molecule has 0 unspecified atom stereocenters. The monoisotopic (exact) mass is 428 g/mol. The molecule has 0 aromatic heterocycles. The van der Waals surface area contributed by atoms with E-state index >= 15 is 0 Å². The molecular weight excluding hydrogens is 396 g/mol. The van der Waals surface area contributed by atoms with Gasteiger partial charge in [-0.1, -0.05) is 18.2 Å². The van der Waals surface area contributed by atoms with E-state index in [1.54, 1.807) is 25.2 Å². The number of ether oxygens (including phenoxy) is 3. The molecule has 0 radical (unpaired) electrons. The number of likely N-dealkylation sites (tertiary alicyclic amines) is 1. The van der Waals surface area contributed by atoms with Crippen LogP contribution in [0, 0.1) is 0 Å². The first-order chi connectivity index (χ1) is 15.1. The molecule has 0 aliphatic carbocycles. The Morgan fingerprint density at radius 1 is 1.10 bits per heavy atom. The van der Waals surface area contributed by atoms with E-state index in [-0.39, 0.29) is 25.1 Å². The maximum atomic E-state index is 12.3. The molecule has 7 nitrogen and oxygen atoms in total. The maximum absolute atomic E-state index is 12.3. The Kier molecular flexibility index (Phi) is 8.55. The van der Waals surface area contributed by atoms with E-state index in [4.69, 9.17) is 14.2 Å². The van der Waals surface area contributed by atoms with E-state index < -0.39 is 6.10 Å². The number of nitrogens with one attached hydrogen (secondary N) is 1. The molecule has 2 N–H and O–H groups in total. The van der Waals surface area contributed by atoms with Gasteiger partial charge in [0.2, 0.25) is 5.91 Å². The molecule has 31 heavy (non-hydrogen) atoms. The fourth-order valence-electron chi connectivity index (χ4n) is 3.75. The van der Waals surface area contributed by atoms with Gasteiger partial charge in [0.25, 0.3) is 0 Å². The first-order valence-corrected chi connectivity index (χ1v) is 10.7. The zero-order valence-electron chi connectivity index (χ0n) is 18.3. The minimum atomic E-state index is -0.747. The molecule has 2 aromatic rings. The van der Waals surface area contributed by atoms with Crippen molar-refractivity contribution in [2.45, 2.75) is 38.0 Å². The van der Waals surface area contributed by atoms with Crippen LogP contribution in [0.15, 0.2) is 48.5 Å². The summed E-state index contributed by atoms with van der Waals surface area (Å²) >= 11 is 0. The van der Waals surface area contributed by atoms with Crippen LogP contribution in [-0.4, -0.2) is 62.0 Å². The van der Waals surface area contributed by atoms with Crippen LogP contribution in [0.2, 0.25) is 0 Å². The van der Waals surface area contributed by atoms with E-state index in [1.165, 1.54) is 5.56 Å². The summed E-state index contributed by atoms with van der Waals surface area (Å²) in [6.07, 6.45) is 1.47. The molecule has 1 amide bonds. The van der Waals surface area contributed by atoms with E-state index in [1.807, 2.05) is 42.5 Å². The van der Waals surface area contributed by atoms with Crippen LogP contribution in [0.1, 0.15) is 24.8 Å². The number of aliphatic hydroxyl groups is 1. The van der Waals surface area contributed by atoms with Gasteiger partial charge in [-0.2, -0.15) is 0 Å². The van der Waals surface area contributed by atoms with E-state index in [0.717, 1.165) is 31.7 Å². The van der Waals surface area contributed by atoms with Crippen molar-refractivity contribution in [1.82, 2.24) is 10.2 Å². The van der Waals surface area contributed by atoms with Gasteiger partial charge in [-0.25, -0.2) is 0 Å². The van der Waals surface area contributed by atoms with Crippen molar-refractivity contribution < 1.29 is 24.1 Å². The lowest BCUT2D eigenvalue weighted by Crippen LogP contribution is -2.42. The number of amides is 1. The number of nitrogens with zero attached hydrogens (tertiary/aromatic N) is 1. The molecule has 1 fully saturated rings. The topological polar surface area (TPSA) is 80.3 Å². The number of methoxy groups -OCH3 is 2. The van der Waals surface area contributed by atoms with E-state index in [9.17, 15) is 9.90 Å². The smallest absolute Gasteiger partial charge is 0.222 e. The van der Waals surface area contributed by atoms with Crippen LogP contribution in [-0.2, 0) is 11.3 Å². The van der Waals surface area contributed by atoms with Crippen molar-refractivity contribution in [3.63, 3.8) is 0 Å². The summed E-state index contributed by atoms with van der Waals surface area (Å²) in [7, 11) is 3.25. The van der Waals surface area contributed by atoms with Crippen LogP contribution in [0.4, 0.5) is 0 Å². The average Bonchev–Trinajstić information content (AvgIpc) is 3.15. The van der Waals surface area contributed by atoms with E-state index in [2.05, 4.69) is 5.32 Å². The number of hydrogen-bond acceptors (Lipinski definition) is 6. The summed E-state index contributed by atoms with van der Waals surface area (Å²) in [5.74, 6) is 2.27. The third-order valence-corrected chi connectivity index (χ3v) is 5.49. The Hall–Kier alpha value is -2.77. The SMILES string of the molecule is COc1ccc(CNCC[C@H]2CCC(=O)N2C[C@H](O)COc2cccc(OC)c2)cc1. The first kappa shape index (κ1) is 22.9. The molecule has 2 atom stereocenters. The predicted molar refractivity (Wildman–Crippen MR) is 119 cm³/mol. The molecule has 0 bridgehead atoms. The fraction of sp³-hybridized carbons (Fsp3) is 0.458. The number of rotatable bonds is 12. The van der Waals surface area contributed by atoms with Crippen molar-refractivity contribution in [2.24, 2.45) is 0 Å². The molecule has 1 saturated heterocycles. The molecule has 0 saturated carbocycles. The summed E-state index contributed by atoms with van der Waals surface area (Å²) in [6, 6.07) is 15.4. The average molecular weight is 429 g/mol. The Morgan fingerprint density at radius 2 is 1.84 bits per heavy atom. The standard InChI is InChI=1S/C24H32N2O5/c1-29-21-9-6-18(7-10-21)15-25-13-12-19-8-11-24(28)26(19)16-20(27)17-31-23-5-3-4-22(14-23)30-2/h3-7,9-10,14,19-20,25,27H,8,11-13,15-17H2,1-2H3/t19-,20+/m1/s1. The molecule has 1 heterocycles. The highest BCUT2D eigenvalue weighted by Gasteiger charge is 2.31. The second kappa shape index (κ2) is 11.6. The summed E-state index contributed by atoms with van der Waals surface area (Å²) < 4.78 is 16.0. The van der Waals surface area contributed by atoms with Crippen LogP contribution < -0.4 is 19.5 Å². The predicted octanol–water partition coefficient (Wildman–Crippen LogP) is 2.61. The minimum absolute atomic E-state index is 0.0978. The summed E-state index contributed by atoms with van der Waals surface area (Å²) in [5, 5.41) is 13.9. The third-order valence-electron chi connectivity index (χ3n) is 5.49. The lowest BCUT2D eigenvalue weighted by atomic mass is 10.1. The molecule has 7 heteroatoms. The molecule has 0 spiro atoms. The zero-order chi connectivity index (χ0) is 22.1. The summed E-state index contributed by atoms with van der Waals surface area (Å²) in [5.41, 5.74) is 1.19. The number of β-amino-alcohol motifs (C(OH)–C–C–N with tert-alkyl or cyclic N) is 1. The number of carbonyl (C=O) groups is 1. The van der Waals surface area contributed by atoms with Crippen molar-refractivity contribution >= 4 is 5.91 Å². The van der Waals surface area contributed by atoms with Gasteiger partial charge >= 0.3 is 0 Å². The number of benzene rings is 2. The zero-order valence-corrected chi connectivity index (χ0v) is 18.3. The van der Waals surface area contributed by atoms with Crippen molar-refractivity contribution in [1.29, 1.82) is 0 Å². The molecule has 1 aliphatic rings. The highest BCUT2D eigenvalue weighted by molar-refractivity contribution is 5.78. The van der Waals surface area contributed by atoms with Gasteiger partial charge in [0.05, 0.1) is 20.8 Å². The third kappa shape index (κ3) is 6.87. The van der Waals surface area contributed by atoms with Crippen molar-refractivity contribution in [2.75, 3.05) is 33.9 Å².